The molecular weight excluding hydrogens is 262 g/mol. The maximum atomic E-state index is 11.8. The molecule has 0 spiro atoms. The van der Waals surface area contributed by atoms with Crippen molar-refractivity contribution in [2.75, 3.05) is 5.32 Å². The number of nitrogens with one attached hydrogen (secondary N) is 1. The van der Waals surface area contributed by atoms with Crippen molar-refractivity contribution < 1.29 is 9.59 Å². The van der Waals surface area contributed by atoms with Gasteiger partial charge in [0.05, 0.1) is 4.88 Å². The van der Waals surface area contributed by atoms with Crippen LogP contribution in [0.3, 0.4) is 0 Å². The third-order valence-corrected chi connectivity index (χ3v) is 3.62. The van der Waals surface area contributed by atoms with Crippen LogP contribution in [0.25, 0.3) is 0 Å². The fraction of sp³-hybridized carbons (Fsp3) is 0.308. The summed E-state index contributed by atoms with van der Waals surface area (Å²) in [5, 5.41) is 6.70. The van der Waals surface area contributed by atoms with Crippen molar-refractivity contribution in [1.82, 2.24) is 9.78 Å². The lowest BCUT2D eigenvalue weighted by molar-refractivity contribution is -0.116. The summed E-state index contributed by atoms with van der Waals surface area (Å²) in [6, 6.07) is 5.42. The van der Waals surface area contributed by atoms with Gasteiger partial charge in [0.25, 0.3) is 0 Å². The van der Waals surface area contributed by atoms with E-state index >= 15 is 0 Å². The molecule has 5 nitrogen and oxygen atoms in total. The molecule has 6 heteroatoms. The van der Waals surface area contributed by atoms with E-state index in [1.54, 1.807) is 30.1 Å². The maximum Gasteiger partial charge on any atom is 0.226 e. The number of amides is 1. The molecule has 100 valence electrons. The van der Waals surface area contributed by atoms with Crippen LogP contribution < -0.4 is 5.32 Å². The number of rotatable bonds is 5. The van der Waals surface area contributed by atoms with Crippen molar-refractivity contribution in [3.8, 4) is 0 Å². The van der Waals surface area contributed by atoms with Gasteiger partial charge in [-0.1, -0.05) is 0 Å². The zero-order valence-corrected chi connectivity index (χ0v) is 11.7. The third kappa shape index (κ3) is 3.75. The molecule has 0 radical (unpaired) electrons. The van der Waals surface area contributed by atoms with Crippen LogP contribution in [0, 0.1) is 6.92 Å². The topological polar surface area (TPSA) is 64.0 Å². The first-order chi connectivity index (χ1) is 9.04. The van der Waals surface area contributed by atoms with E-state index < -0.39 is 0 Å². The van der Waals surface area contributed by atoms with Crippen LogP contribution in [-0.4, -0.2) is 21.5 Å². The van der Waals surface area contributed by atoms with Gasteiger partial charge in [0.2, 0.25) is 5.91 Å². The minimum atomic E-state index is -0.194. The zero-order valence-electron chi connectivity index (χ0n) is 10.8. The summed E-state index contributed by atoms with van der Waals surface area (Å²) in [6.07, 6.45) is 2.14. The first-order valence-electron chi connectivity index (χ1n) is 5.94. The van der Waals surface area contributed by atoms with Gasteiger partial charge >= 0.3 is 0 Å². The Morgan fingerprint density at radius 2 is 2.11 bits per heavy atom. The molecule has 0 saturated carbocycles. The summed E-state index contributed by atoms with van der Waals surface area (Å²) in [4.78, 5) is 25.3. The quantitative estimate of drug-likeness (QED) is 0.853. The van der Waals surface area contributed by atoms with Crippen LogP contribution >= 0.6 is 11.3 Å². The summed E-state index contributed by atoms with van der Waals surface area (Å²) >= 11 is 1.46. The maximum absolute atomic E-state index is 11.8. The standard InChI is InChI=1S/C13H15N3O2S/c1-9-3-5-11(19-9)10(17)4-6-13(18)14-12-7-8-16(2)15-12/h3,5,7-8H,4,6H2,1-2H3,(H,14,15,18). The number of carbonyl (C=O) groups excluding carboxylic acids is 2. The molecule has 0 saturated heterocycles. The van der Waals surface area contributed by atoms with E-state index in [0.717, 1.165) is 4.88 Å². The Morgan fingerprint density at radius 1 is 1.32 bits per heavy atom. The second-order valence-corrected chi connectivity index (χ2v) is 5.54. The van der Waals surface area contributed by atoms with Gasteiger partial charge in [-0.15, -0.1) is 11.3 Å². The van der Waals surface area contributed by atoms with Crippen molar-refractivity contribution in [2.45, 2.75) is 19.8 Å². The Balaban J connectivity index is 1.82. The number of hydrogen-bond acceptors (Lipinski definition) is 4. The summed E-state index contributed by atoms with van der Waals surface area (Å²) in [5.41, 5.74) is 0. The number of aryl methyl sites for hydroxylation is 2. The van der Waals surface area contributed by atoms with Crippen LogP contribution in [0.15, 0.2) is 24.4 Å². The van der Waals surface area contributed by atoms with Crippen LogP contribution in [0.4, 0.5) is 5.82 Å². The number of hydrogen-bond donors (Lipinski definition) is 1. The summed E-state index contributed by atoms with van der Waals surface area (Å²) in [6.45, 7) is 1.95. The Morgan fingerprint density at radius 3 is 2.68 bits per heavy atom. The minimum absolute atomic E-state index is 0.00858. The normalized spacial score (nSPS) is 10.4. The molecule has 0 aromatic carbocycles. The highest BCUT2D eigenvalue weighted by Crippen LogP contribution is 2.17. The van der Waals surface area contributed by atoms with Crippen LogP contribution in [-0.2, 0) is 11.8 Å². The number of ketones is 1. The van der Waals surface area contributed by atoms with Crippen molar-refractivity contribution in [1.29, 1.82) is 0 Å². The molecule has 1 N–H and O–H groups in total. The number of Topliss-reactive ketones (excluding diaryl/α,β-unsaturated/α-hetero) is 1. The van der Waals surface area contributed by atoms with Gasteiger partial charge in [-0.2, -0.15) is 5.10 Å². The number of aromatic nitrogens is 2. The average Bonchev–Trinajstić information content (AvgIpc) is 2.95. The van der Waals surface area contributed by atoms with Crippen LogP contribution in [0.2, 0.25) is 0 Å². The molecule has 2 aromatic rings. The molecule has 0 bridgehead atoms. The second kappa shape index (κ2) is 5.79. The van der Waals surface area contributed by atoms with Gasteiger partial charge in [0, 0.05) is 37.0 Å². The third-order valence-electron chi connectivity index (χ3n) is 2.58. The van der Waals surface area contributed by atoms with E-state index in [0.29, 0.717) is 10.7 Å². The van der Waals surface area contributed by atoms with Gasteiger partial charge in [-0.25, -0.2) is 0 Å². The van der Waals surface area contributed by atoms with E-state index in [9.17, 15) is 9.59 Å². The molecular formula is C13H15N3O2S. The lowest BCUT2D eigenvalue weighted by Crippen LogP contribution is -2.13. The molecule has 19 heavy (non-hydrogen) atoms. The first kappa shape index (κ1) is 13.5. The molecule has 0 atom stereocenters. The first-order valence-corrected chi connectivity index (χ1v) is 6.75. The van der Waals surface area contributed by atoms with Crippen LogP contribution in [0.5, 0.6) is 0 Å². The molecule has 2 heterocycles. The fourth-order valence-electron chi connectivity index (χ4n) is 1.62. The molecule has 0 aliphatic heterocycles. The van der Waals surface area contributed by atoms with Gasteiger partial charge in [-0.05, 0) is 19.1 Å². The molecule has 0 aliphatic carbocycles. The molecule has 2 aromatic heterocycles. The highest BCUT2D eigenvalue weighted by molar-refractivity contribution is 7.14. The molecule has 0 aliphatic rings. The average molecular weight is 277 g/mol. The van der Waals surface area contributed by atoms with E-state index in [1.165, 1.54) is 11.3 Å². The number of thiophene rings is 1. The summed E-state index contributed by atoms with van der Waals surface area (Å²) < 4.78 is 1.61. The zero-order chi connectivity index (χ0) is 13.8. The highest BCUT2D eigenvalue weighted by atomic mass is 32.1. The van der Waals surface area contributed by atoms with E-state index in [4.69, 9.17) is 0 Å². The predicted octanol–water partition coefficient (Wildman–Crippen LogP) is 2.39. The van der Waals surface area contributed by atoms with E-state index in [2.05, 4.69) is 10.4 Å². The van der Waals surface area contributed by atoms with Gasteiger partial charge in [-0.3, -0.25) is 14.3 Å². The molecule has 1 amide bonds. The Labute approximate surface area is 115 Å². The van der Waals surface area contributed by atoms with Crippen molar-refractivity contribution in [2.24, 2.45) is 7.05 Å². The van der Waals surface area contributed by atoms with E-state index in [-0.39, 0.29) is 24.5 Å². The number of nitrogens with zero attached hydrogens (tertiary/aromatic N) is 2. The smallest absolute Gasteiger partial charge is 0.226 e. The van der Waals surface area contributed by atoms with Crippen molar-refractivity contribution in [3.05, 3.63) is 34.2 Å². The number of carbonyl (C=O) groups is 2. The summed E-state index contributed by atoms with van der Waals surface area (Å²) in [7, 11) is 1.78. The molecule has 2 rings (SSSR count). The minimum Gasteiger partial charge on any atom is -0.309 e. The van der Waals surface area contributed by atoms with Gasteiger partial charge in [0.15, 0.2) is 11.6 Å². The Bertz CT molecular complexity index is 601. The second-order valence-electron chi connectivity index (χ2n) is 4.26. The monoisotopic (exact) mass is 277 g/mol. The van der Waals surface area contributed by atoms with Gasteiger partial charge in [0.1, 0.15) is 0 Å². The lowest BCUT2D eigenvalue weighted by Gasteiger charge is -2.00. The highest BCUT2D eigenvalue weighted by Gasteiger charge is 2.11. The Kier molecular flexibility index (Phi) is 4.11. The van der Waals surface area contributed by atoms with E-state index in [1.807, 2.05) is 13.0 Å². The number of anilines is 1. The lowest BCUT2D eigenvalue weighted by atomic mass is 10.2. The van der Waals surface area contributed by atoms with Crippen LogP contribution in [0.1, 0.15) is 27.4 Å². The molecule has 0 fully saturated rings. The predicted molar refractivity (Wildman–Crippen MR) is 74.5 cm³/mol. The Hall–Kier alpha value is -1.95. The fourth-order valence-corrected chi connectivity index (χ4v) is 2.46. The van der Waals surface area contributed by atoms with Gasteiger partial charge < -0.3 is 5.32 Å². The molecule has 0 unspecified atom stereocenters. The van der Waals surface area contributed by atoms with Crippen molar-refractivity contribution in [3.63, 3.8) is 0 Å². The largest absolute Gasteiger partial charge is 0.309 e. The SMILES string of the molecule is Cc1ccc(C(=O)CCC(=O)Nc2ccn(C)n2)s1. The van der Waals surface area contributed by atoms with Crippen molar-refractivity contribution >= 4 is 28.8 Å². The summed E-state index contributed by atoms with van der Waals surface area (Å²) in [5.74, 6) is 0.321.